The summed E-state index contributed by atoms with van der Waals surface area (Å²) < 4.78 is 6.35. The number of amides is 1. The first-order valence-electron chi connectivity index (χ1n) is 9.74. The van der Waals surface area contributed by atoms with E-state index in [1.54, 1.807) is 24.3 Å². The first kappa shape index (κ1) is 19.8. The highest BCUT2D eigenvalue weighted by Gasteiger charge is 2.37. The molecule has 1 aromatic heterocycles. The molecule has 0 bridgehead atoms. The monoisotopic (exact) mass is 407 g/mol. The minimum Gasteiger partial charge on any atom is -0.465 e. The number of hydrogen-bond acceptors (Lipinski definition) is 5. The first-order valence-corrected chi connectivity index (χ1v) is 9.74. The number of methoxy groups -OCH3 is 1. The van der Waals surface area contributed by atoms with Crippen molar-refractivity contribution < 1.29 is 19.2 Å². The third-order valence-corrected chi connectivity index (χ3v) is 5.58. The number of quaternary nitrogens is 1. The molecule has 0 aliphatic carbocycles. The van der Waals surface area contributed by atoms with Crippen LogP contribution in [0.2, 0.25) is 0 Å². The Morgan fingerprint density at radius 3 is 2.60 bits per heavy atom. The number of primary amides is 1. The summed E-state index contributed by atoms with van der Waals surface area (Å²) >= 11 is 0. The molecule has 8 nitrogen and oxygen atoms in total. The largest absolute Gasteiger partial charge is 0.465 e. The van der Waals surface area contributed by atoms with Crippen LogP contribution in [0.25, 0.3) is 10.9 Å². The van der Waals surface area contributed by atoms with Gasteiger partial charge in [0.15, 0.2) is 11.9 Å². The van der Waals surface area contributed by atoms with Crippen LogP contribution in [-0.4, -0.2) is 34.6 Å². The molecular formula is C22H23N4O4+. The molecule has 4 rings (SSSR count). The molecule has 3 N–H and O–H groups in total. The lowest BCUT2D eigenvalue weighted by atomic mass is 9.94. The fourth-order valence-corrected chi connectivity index (χ4v) is 4.11. The van der Waals surface area contributed by atoms with Gasteiger partial charge in [0, 0.05) is 12.0 Å². The molecule has 1 aliphatic heterocycles. The summed E-state index contributed by atoms with van der Waals surface area (Å²) in [5, 5.41) is 0.422. The van der Waals surface area contributed by atoms with Crippen molar-refractivity contribution >= 4 is 22.8 Å². The molecule has 0 saturated heterocycles. The van der Waals surface area contributed by atoms with E-state index in [-0.39, 0.29) is 24.6 Å². The number of hydrogen-bond donors (Lipinski definition) is 2. The number of para-hydroxylation sites is 1. The van der Waals surface area contributed by atoms with Crippen LogP contribution in [0.5, 0.6) is 0 Å². The molecule has 0 radical (unpaired) electrons. The number of carbonyl (C=O) groups excluding carboxylic acids is 2. The lowest BCUT2D eigenvalue weighted by molar-refractivity contribution is -0.946. The molecule has 3 aromatic rings. The minimum atomic E-state index is -0.626. The van der Waals surface area contributed by atoms with Gasteiger partial charge < -0.3 is 15.4 Å². The summed E-state index contributed by atoms with van der Waals surface area (Å²) in [5.41, 5.74) is 7.86. The molecule has 1 amide bonds. The van der Waals surface area contributed by atoms with Gasteiger partial charge in [-0.3, -0.25) is 14.2 Å². The van der Waals surface area contributed by atoms with Gasteiger partial charge >= 0.3 is 5.97 Å². The Morgan fingerprint density at radius 1 is 1.17 bits per heavy atom. The van der Waals surface area contributed by atoms with Crippen LogP contribution in [-0.2, 0) is 40.4 Å². The minimum absolute atomic E-state index is 0.265. The summed E-state index contributed by atoms with van der Waals surface area (Å²) in [5.74, 6) is -0.524. The number of nitrogens with zero attached hydrogens (tertiary/aromatic N) is 2. The SMILES string of the molecule is COC(=O)[C@H]1Cc2ccccc2C[NH+]1Cc1nc2ccccc2c(=O)n1CC(N)=O. The van der Waals surface area contributed by atoms with Crippen LogP contribution in [0.4, 0.5) is 0 Å². The van der Waals surface area contributed by atoms with E-state index in [1.165, 1.54) is 11.7 Å². The van der Waals surface area contributed by atoms with E-state index in [4.69, 9.17) is 10.5 Å². The van der Waals surface area contributed by atoms with Crippen LogP contribution >= 0.6 is 0 Å². The van der Waals surface area contributed by atoms with E-state index in [0.717, 1.165) is 16.0 Å². The molecule has 2 atom stereocenters. The highest BCUT2D eigenvalue weighted by molar-refractivity contribution is 5.78. The molecule has 30 heavy (non-hydrogen) atoms. The summed E-state index contributed by atoms with van der Waals surface area (Å²) in [7, 11) is 1.37. The summed E-state index contributed by atoms with van der Waals surface area (Å²) in [4.78, 5) is 42.7. The number of benzene rings is 2. The van der Waals surface area contributed by atoms with Gasteiger partial charge in [-0.05, 0) is 17.7 Å². The maximum absolute atomic E-state index is 13.0. The lowest BCUT2D eigenvalue weighted by Gasteiger charge is -2.32. The number of aromatic nitrogens is 2. The lowest BCUT2D eigenvalue weighted by Crippen LogP contribution is -3.15. The van der Waals surface area contributed by atoms with Gasteiger partial charge in [0.1, 0.15) is 19.6 Å². The van der Waals surface area contributed by atoms with Crippen molar-refractivity contribution in [2.45, 2.75) is 32.1 Å². The summed E-state index contributed by atoms with van der Waals surface area (Å²) in [6, 6.07) is 14.5. The predicted octanol–water partition coefficient (Wildman–Crippen LogP) is -0.435. The molecule has 0 fully saturated rings. The molecule has 8 heteroatoms. The second-order valence-corrected chi connectivity index (χ2v) is 7.46. The maximum Gasteiger partial charge on any atom is 0.365 e. The normalized spacial score (nSPS) is 18.0. The number of fused-ring (bicyclic) bond motifs is 2. The standard InChI is InChI=1S/C22H22N4O4/c1-30-22(29)18-10-14-6-2-3-7-15(14)11-25(18)13-20-24-17-9-5-4-8-16(17)21(28)26(20)12-19(23)27/h2-9,18H,10-13H2,1H3,(H2,23,27)/p+1/t18-/m1/s1. The Labute approximate surface area is 172 Å². The van der Waals surface area contributed by atoms with Crippen LogP contribution in [0.15, 0.2) is 53.3 Å². The Kier molecular flexibility index (Phi) is 5.33. The fraction of sp³-hybridized carbons (Fsp3) is 0.273. The fourth-order valence-electron chi connectivity index (χ4n) is 4.11. The van der Waals surface area contributed by atoms with Crippen molar-refractivity contribution in [2.75, 3.05) is 7.11 Å². The van der Waals surface area contributed by atoms with Gasteiger partial charge in [0.2, 0.25) is 5.91 Å². The second kappa shape index (κ2) is 8.08. The van der Waals surface area contributed by atoms with E-state index in [0.29, 0.717) is 29.7 Å². The number of nitrogens with two attached hydrogens (primary N) is 1. The molecule has 2 heterocycles. The molecule has 2 aromatic carbocycles. The zero-order valence-corrected chi connectivity index (χ0v) is 16.6. The van der Waals surface area contributed by atoms with E-state index in [9.17, 15) is 14.4 Å². The zero-order chi connectivity index (χ0) is 21.3. The van der Waals surface area contributed by atoms with Crippen LogP contribution < -0.4 is 16.2 Å². The zero-order valence-electron chi connectivity index (χ0n) is 16.6. The molecule has 0 spiro atoms. The van der Waals surface area contributed by atoms with Gasteiger partial charge in [-0.2, -0.15) is 0 Å². The van der Waals surface area contributed by atoms with E-state index < -0.39 is 11.9 Å². The van der Waals surface area contributed by atoms with E-state index in [2.05, 4.69) is 4.98 Å². The van der Waals surface area contributed by atoms with Crippen molar-refractivity contribution in [2.24, 2.45) is 5.73 Å². The van der Waals surface area contributed by atoms with Gasteiger partial charge in [-0.25, -0.2) is 9.78 Å². The third-order valence-electron chi connectivity index (χ3n) is 5.58. The Hall–Kier alpha value is -3.52. The number of rotatable bonds is 5. The van der Waals surface area contributed by atoms with Crippen LogP contribution in [0.1, 0.15) is 17.0 Å². The third kappa shape index (κ3) is 3.69. The average molecular weight is 407 g/mol. The Morgan fingerprint density at radius 2 is 1.87 bits per heavy atom. The van der Waals surface area contributed by atoms with Crippen molar-refractivity contribution in [3.8, 4) is 0 Å². The molecule has 0 saturated carbocycles. The molecule has 1 unspecified atom stereocenters. The van der Waals surface area contributed by atoms with Gasteiger partial charge in [0.25, 0.3) is 5.56 Å². The van der Waals surface area contributed by atoms with Gasteiger partial charge in [0.05, 0.1) is 18.0 Å². The predicted molar refractivity (Wildman–Crippen MR) is 110 cm³/mol. The highest BCUT2D eigenvalue weighted by atomic mass is 16.5. The van der Waals surface area contributed by atoms with E-state index >= 15 is 0 Å². The average Bonchev–Trinajstić information content (AvgIpc) is 2.75. The number of nitrogens with one attached hydrogen (secondary N) is 1. The molecule has 154 valence electrons. The van der Waals surface area contributed by atoms with Crippen molar-refractivity contribution in [3.63, 3.8) is 0 Å². The summed E-state index contributed by atoms with van der Waals surface area (Å²) in [6.07, 6.45) is 0.534. The van der Waals surface area contributed by atoms with Gasteiger partial charge in [-0.15, -0.1) is 0 Å². The van der Waals surface area contributed by atoms with Crippen molar-refractivity contribution in [1.29, 1.82) is 0 Å². The van der Waals surface area contributed by atoms with Crippen molar-refractivity contribution in [3.05, 3.63) is 75.8 Å². The topological polar surface area (TPSA) is 109 Å². The first-order chi connectivity index (χ1) is 14.5. The smallest absolute Gasteiger partial charge is 0.365 e. The van der Waals surface area contributed by atoms with Crippen LogP contribution in [0.3, 0.4) is 0 Å². The Balaban J connectivity index is 1.79. The highest BCUT2D eigenvalue weighted by Crippen LogP contribution is 2.15. The number of ether oxygens (including phenoxy) is 1. The number of esters is 1. The Bertz CT molecular complexity index is 1190. The summed E-state index contributed by atoms with van der Waals surface area (Å²) in [6.45, 7) is 0.593. The maximum atomic E-state index is 13.0. The quantitative estimate of drug-likeness (QED) is 0.558. The van der Waals surface area contributed by atoms with Gasteiger partial charge in [-0.1, -0.05) is 36.4 Å². The number of carbonyl (C=O) groups is 2. The second-order valence-electron chi connectivity index (χ2n) is 7.46. The molecular weight excluding hydrogens is 384 g/mol. The van der Waals surface area contributed by atoms with Crippen LogP contribution in [0, 0.1) is 0 Å². The van der Waals surface area contributed by atoms with Crippen molar-refractivity contribution in [1.82, 2.24) is 9.55 Å². The molecule has 1 aliphatic rings. The van der Waals surface area contributed by atoms with E-state index in [1.807, 2.05) is 24.3 Å².